The van der Waals surface area contributed by atoms with E-state index in [0.717, 1.165) is 16.9 Å². The molecule has 0 fully saturated rings. The SMILES string of the molecule is Nc1nnc(S(=O)(=O)NCc2ccoc2)s1. The van der Waals surface area contributed by atoms with Crippen LogP contribution in [0.5, 0.6) is 0 Å². The Hall–Kier alpha value is -1.45. The van der Waals surface area contributed by atoms with Crippen molar-refractivity contribution in [1.82, 2.24) is 14.9 Å². The molecule has 0 amide bonds. The van der Waals surface area contributed by atoms with Crippen LogP contribution in [0, 0.1) is 0 Å². The van der Waals surface area contributed by atoms with Crippen molar-refractivity contribution in [3.63, 3.8) is 0 Å². The van der Waals surface area contributed by atoms with Gasteiger partial charge in [-0.1, -0.05) is 11.3 Å². The Kier molecular flexibility index (Phi) is 2.90. The topological polar surface area (TPSA) is 111 Å². The lowest BCUT2D eigenvalue weighted by Gasteiger charge is -2.00. The van der Waals surface area contributed by atoms with Gasteiger partial charge in [-0.15, -0.1) is 10.2 Å². The third-order valence-electron chi connectivity index (χ3n) is 1.70. The van der Waals surface area contributed by atoms with Crippen LogP contribution in [0.4, 0.5) is 5.13 Å². The highest BCUT2D eigenvalue weighted by atomic mass is 32.2. The van der Waals surface area contributed by atoms with Crippen molar-refractivity contribution in [2.75, 3.05) is 5.73 Å². The van der Waals surface area contributed by atoms with E-state index in [1.54, 1.807) is 6.07 Å². The van der Waals surface area contributed by atoms with E-state index < -0.39 is 10.0 Å². The van der Waals surface area contributed by atoms with Crippen molar-refractivity contribution in [3.8, 4) is 0 Å². The maximum atomic E-state index is 11.7. The number of aromatic nitrogens is 2. The third kappa shape index (κ3) is 2.38. The summed E-state index contributed by atoms with van der Waals surface area (Å²) in [7, 11) is -3.64. The van der Waals surface area contributed by atoms with Gasteiger partial charge in [0.05, 0.1) is 12.5 Å². The van der Waals surface area contributed by atoms with E-state index in [9.17, 15) is 8.42 Å². The number of anilines is 1. The van der Waals surface area contributed by atoms with Crippen LogP contribution in [0.1, 0.15) is 5.56 Å². The average Bonchev–Trinajstić information content (AvgIpc) is 2.85. The molecule has 0 aliphatic rings. The summed E-state index contributed by atoms with van der Waals surface area (Å²) in [6, 6.07) is 1.66. The number of nitrogens with zero attached hydrogens (tertiary/aromatic N) is 2. The van der Waals surface area contributed by atoms with E-state index in [-0.39, 0.29) is 16.0 Å². The molecule has 2 aromatic heterocycles. The first-order chi connectivity index (χ1) is 7.58. The van der Waals surface area contributed by atoms with Gasteiger partial charge in [-0.25, -0.2) is 13.1 Å². The van der Waals surface area contributed by atoms with Crippen LogP contribution in [-0.2, 0) is 16.6 Å². The lowest BCUT2D eigenvalue weighted by Crippen LogP contribution is -2.22. The molecule has 86 valence electrons. The zero-order valence-corrected chi connectivity index (χ0v) is 9.59. The van der Waals surface area contributed by atoms with Crippen molar-refractivity contribution in [2.24, 2.45) is 0 Å². The van der Waals surface area contributed by atoms with Gasteiger partial charge in [0.1, 0.15) is 0 Å². The van der Waals surface area contributed by atoms with Crippen molar-refractivity contribution >= 4 is 26.5 Å². The quantitative estimate of drug-likeness (QED) is 0.811. The fourth-order valence-corrected chi connectivity index (χ4v) is 2.80. The van der Waals surface area contributed by atoms with Gasteiger partial charge < -0.3 is 10.2 Å². The van der Waals surface area contributed by atoms with Crippen LogP contribution < -0.4 is 10.5 Å². The molecule has 0 saturated heterocycles. The monoisotopic (exact) mass is 260 g/mol. The van der Waals surface area contributed by atoms with Crippen LogP contribution in [0.2, 0.25) is 0 Å². The summed E-state index contributed by atoms with van der Waals surface area (Å²) in [6.07, 6.45) is 2.92. The first-order valence-corrected chi connectivity index (χ1v) is 6.47. The average molecular weight is 260 g/mol. The summed E-state index contributed by atoms with van der Waals surface area (Å²) in [6.45, 7) is 0.137. The predicted octanol–water partition coefficient (Wildman–Crippen LogP) is 0.192. The van der Waals surface area contributed by atoms with E-state index in [2.05, 4.69) is 14.9 Å². The van der Waals surface area contributed by atoms with E-state index in [1.807, 2.05) is 0 Å². The Labute approximate surface area is 95.3 Å². The van der Waals surface area contributed by atoms with Gasteiger partial charge in [0.15, 0.2) is 0 Å². The normalized spacial score (nSPS) is 11.8. The van der Waals surface area contributed by atoms with E-state index in [1.165, 1.54) is 12.5 Å². The van der Waals surface area contributed by atoms with Gasteiger partial charge in [0.2, 0.25) is 9.47 Å². The van der Waals surface area contributed by atoms with Gasteiger partial charge in [0, 0.05) is 12.1 Å². The molecule has 0 spiro atoms. The molecule has 7 nitrogen and oxygen atoms in total. The first kappa shape index (κ1) is 11.0. The van der Waals surface area contributed by atoms with Crippen LogP contribution >= 0.6 is 11.3 Å². The standard InChI is InChI=1S/C7H8N4O3S2/c8-6-10-11-7(15-6)16(12,13)9-3-5-1-2-14-4-5/h1-2,4,9H,3H2,(H2,8,10). The molecule has 0 aliphatic heterocycles. The zero-order chi connectivity index (χ0) is 11.6. The number of nitrogens with one attached hydrogen (secondary N) is 1. The first-order valence-electron chi connectivity index (χ1n) is 4.17. The molecule has 0 aliphatic carbocycles. The third-order valence-corrected chi connectivity index (χ3v) is 4.22. The summed E-state index contributed by atoms with van der Waals surface area (Å²) < 4.78 is 30.3. The molecule has 2 heterocycles. The molecular weight excluding hydrogens is 252 g/mol. The highest BCUT2D eigenvalue weighted by Gasteiger charge is 2.19. The highest BCUT2D eigenvalue weighted by molar-refractivity contribution is 7.91. The summed E-state index contributed by atoms with van der Waals surface area (Å²) in [5, 5.41) is 7.01. The minimum atomic E-state index is -3.64. The van der Waals surface area contributed by atoms with Crippen molar-refractivity contribution < 1.29 is 12.8 Å². The number of sulfonamides is 1. The van der Waals surface area contributed by atoms with E-state index in [0.29, 0.717) is 0 Å². The largest absolute Gasteiger partial charge is 0.472 e. The molecule has 0 radical (unpaired) electrons. The smallest absolute Gasteiger partial charge is 0.270 e. The zero-order valence-electron chi connectivity index (χ0n) is 7.95. The molecule has 0 bridgehead atoms. The summed E-state index contributed by atoms with van der Waals surface area (Å²) in [5.74, 6) is 0. The lowest BCUT2D eigenvalue weighted by molar-refractivity contribution is 0.561. The fraction of sp³-hybridized carbons (Fsp3) is 0.143. The minimum absolute atomic E-state index is 0.115. The van der Waals surface area contributed by atoms with Crippen molar-refractivity contribution in [1.29, 1.82) is 0 Å². The van der Waals surface area contributed by atoms with E-state index in [4.69, 9.17) is 10.2 Å². The van der Waals surface area contributed by atoms with Crippen LogP contribution in [-0.4, -0.2) is 18.6 Å². The van der Waals surface area contributed by atoms with Crippen LogP contribution in [0.15, 0.2) is 27.3 Å². The maximum Gasteiger partial charge on any atom is 0.270 e. The van der Waals surface area contributed by atoms with Gasteiger partial charge in [0.25, 0.3) is 10.0 Å². The second-order valence-electron chi connectivity index (χ2n) is 2.86. The number of rotatable bonds is 4. The van der Waals surface area contributed by atoms with Gasteiger partial charge in [-0.3, -0.25) is 0 Å². The Morgan fingerprint density at radius 3 is 2.88 bits per heavy atom. The molecular formula is C7H8N4O3S2. The highest BCUT2D eigenvalue weighted by Crippen LogP contribution is 2.16. The molecule has 9 heteroatoms. The Morgan fingerprint density at radius 2 is 2.31 bits per heavy atom. The molecule has 16 heavy (non-hydrogen) atoms. The molecule has 2 aromatic rings. The second kappa shape index (κ2) is 4.20. The predicted molar refractivity (Wildman–Crippen MR) is 57.1 cm³/mol. The summed E-state index contributed by atoms with van der Waals surface area (Å²) in [5.41, 5.74) is 6.03. The van der Waals surface area contributed by atoms with Crippen LogP contribution in [0.3, 0.4) is 0 Å². The lowest BCUT2D eigenvalue weighted by atomic mass is 10.4. The molecule has 3 N–H and O–H groups in total. The molecule has 0 aromatic carbocycles. The van der Waals surface area contributed by atoms with Gasteiger partial charge >= 0.3 is 0 Å². The number of hydrogen-bond acceptors (Lipinski definition) is 7. The fourth-order valence-electron chi connectivity index (χ4n) is 0.962. The second-order valence-corrected chi connectivity index (χ2v) is 5.81. The van der Waals surface area contributed by atoms with Gasteiger partial charge in [-0.2, -0.15) is 0 Å². The summed E-state index contributed by atoms with van der Waals surface area (Å²) >= 11 is 0.814. The number of furan rings is 1. The molecule has 2 rings (SSSR count). The van der Waals surface area contributed by atoms with Gasteiger partial charge in [-0.05, 0) is 6.07 Å². The minimum Gasteiger partial charge on any atom is -0.472 e. The van der Waals surface area contributed by atoms with Crippen LogP contribution in [0.25, 0.3) is 0 Å². The Morgan fingerprint density at radius 1 is 1.50 bits per heavy atom. The number of nitrogen functional groups attached to an aromatic ring is 1. The molecule has 0 atom stereocenters. The maximum absolute atomic E-state index is 11.7. The number of hydrogen-bond donors (Lipinski definition) is 2. The molecule has 0 unspecified atom stereocenters. The number of nitrogens with two attached hydrogens (primary N) is 1. The van der Waals surface area contributed by atoms with Crippen molar-refractivity contribution in [2.45, 2.75) is 10.9 Å². The van der Waals surface area contributed by atoms with E-state index >= 15 is 0 Å². The molecule has 0 saturated carbocycles. The Balaban J connectivity index is 2.09. The van der Waals surface area contributed by atoms with Crippen molar-refractivity contribution in [3.05, 3.63) is 24.2 Å². The summed E-state index contributed by atoms with van der Waals surface area (Å²) in [4.78, 5) is 0. The Bertz CT molecular complexity index is 560.